The molecule has 128 valence electrons. The monoisotopic (exact) mass is 356 g/mol. The summed E-state index contributed by atoms with van der Waals surface area (Å²) in [5, 5.41) is 8.01. The molecule has 9 heteroatoms. The van der Waals surface area contributed by atoms with E-state index in [1.807, 2.05) is 0 Å². The van der Waals surface area contributed by atoms with Crippen LogP contribution >= 0.6 is 11.6 Å². The molecule has 24 heavy (non-hydrogen) atoms. The molecule has 2 aromatic heterocycles. The lowest BCUT2D eigenvalue weighted by Gasteiger charge is -2.11. The van der Waals surface area contributed by atoms with E-state index in [1.165, 1.54) is 20.4 Å². The predicted octanol–water partition coefficient (Wildman–Crippen LogP) is 3.36. The second-order valence-corrected chi connectivity index (χ2v) is 6.02. The van der Waals surface area contributed by atoms with Crippen LogP contribution in [-0.2, 0) is 0 Å². The Morgan fingerprint density at radius 1 is 1.25 bits per heavy atom. The average Bonchev–Trinajstić information content (AvgIpc) is 3.35. The Balaban J connectivity index is 1.98. The molecule has 1 saturated carbocycles. The van der Waals surface area contributed by atoms with E-state index in [0.717, 1.165) is 6.92 Å². The third kappa shape index (κ3) is 3.10. The van der Waals surface area contributed by atoms with Crippen molar-refractivity contribution in [1.29, 1.82) is 0 Å². The lowest BCUT2D eigenvalue weighted by atomic mass is 10.1. The van der Waals surface area contributed by atoms with Gasteiger partial charge in [0, 0.05) is 12.1 Å². The van der Waals surface area contributed by atoms with Gasteiger partial charge in [-0.15, -0.1) is 10.2 Å². The van der Waals surface area contributed by atoms with Crippen molar-refractivity contribution < 1.29 is 18.3 Å². The zero-order chi connectivity index (χ0) is 17.5. The molecule has 1 aliphatic carbocycles. The summed E-state index contributed by atoms with van der Waals surface area (Å²) in [5.41, 5.74) is 1.43. The summed E-state index contributed by atoms with van der Waals surface area (Å²) in [4.78, 5) is 8.09. The first-order valence-corrected chi connectivity index (χ1v) is 7.59. The van der Waals surface area contributed by atoms with Gasteiger partial charge in [0.25, 0.3) is 0 Å². The number of hydrogen-bond acceptors (Lipinski definition) is 6. The predicted molar refractivity (Wildman–Crippen MR) is 82.6 cm³/mol. The first-order chi connectivity index (χ1) is 11.3. The van der Waals surface area contributed by atoms with E-state index in [0.29, 0.717) is 23.2 Å². The number of aromatic nitrogens is 4. The Kier molecular flexibility index (Phi) is 4.25. The molecule has 0 aliphatic heterocycles. The Labute approximate surface area is 142 Å². The quantitative estimate of drug-likeness (QED) is 0.818. The third-order valence-electron chi connectivity index (χ3n) is 4.00. The van der Waals surface area contributed by atoms with Crippen LogP contribution in [0.2, 0.25) is 5.15 Å². The number of halogens is 3. The molecule has 0 unspecified atom stereocenters. The highest BCUT2D eigenvalue weighted by atomic mass is 35.5. The highest BCUT2D eigenvalue weighted by molar-refractivity contribution is 6.30. The largest absolute Gasteiger partial charge is 0.480 e. The molecule has 0 saturated heterocycles. The SMILES string of the molecule is COc1ncc(-c2cc([C@@H]3C[C@H]3C(C)(F)F)c(Cl)nn2)c(OC)n1. The van der Waals surface area contributed by atoms with E-state index >= 15 is 0 Å². The molecule has 1 aliphatic rings. The van der Waals surface area contributed by atoms with Crippen LogP contribution in [0.3, 0.4) is 0 Å². The second-order valence-electron chi connectivity index (χ2n) is 5.66. The minimum absolute atomic E-state index is 0.129. The maximum atomic E-state index is 13.5. The van der Waals surface area contributed by atoms with Gasteiger partial charge < -0.3 is 9.47 Å². The number of methoxy groups -OCH3 is 2. The molecule has 0 N–H and O–H groups in total. The average molecular weight is 357 g/mol. The van der Waals surface area contributed by atoms with Gasteiger partial charge in [0.2, 0.25) is 11.8 Å². The number of hydrogen-bond donors (Lipinski definition) is 0. The Morgan fingerprint density at radius 3 is 2.58 bits per heavy atom. The zero-order valence-electron chi connectivity index (χ0n) is 13.3. The van der Waals surface area contributed by atoms with Crippen molar-refractivity contribution in [3.63, 3.8) is 0 Å². The molecule has 6 nitrogen and oxygen atoms in total. The molecule has 0 aromatic carbocycles. The zero-order valence-corrected chi connectivity index (χ0v) is 14.0. The summed E-state index contributed by atoms with van der Waals surface area (Å²) >= 11 is 6.05. The molecule has 3 rings (SSSR count). The summed E-state index contributed by atoms with van der Waals surface area (Å²) in [6.07, 6.45) is 1.84. The lowest BCUT2D eigenvalue weighted by molar-refractivity contribution is -0.00398. The maximum absolute atomic E-state index is 13.5. The van der Waals surface area contributed by atoms with Crippen LogP contribution in [0.25, 0.3) is 11.3 Å². The van der Waals surface area contributed by atoms with Gasteiger partial charge in [-0.25, -0.2) is 13.8 Å². The molecular formula is C15H15ClF2N4O2. The van der Waals surface area contributed by atoms with E-state index in [4.69, 9.17) is 21.1 Å². The first-order valence-electron chi connectivity index (χ1n) is 7.21. The van der Waals surface area contributed by atoms with Crippen molar-refractivity contribution >= 4 is 11.6 Å². The van der Waals surface area contributed by atoms with Gasteiger partial charge in [-0.2, -0.15) is 4.98 Å². The summed E-state index contributed by atoms with van der Waals surface area (Å²) in [5.74, 6) is -3.58. The number of ether oxygens (including phenoxy) is 2. The summed E-state index contributed by atoms with van der Waals surface area (Å²) in [7, 11) is 2.89. The van der Waals surface area contributed by atoms with Crippen LogP contribution < -0.4 is 9.47 Å². The van der Waals surface area contributed by atoms with E-state index in [-0.39, 0.29) is 23.0 Å². The van der Waals surface area contributed by atoms with Gasteiger partial charge in [0.05, 0.1) is 19.8 Å². The maximum Gasteiger partial charge on any atom is 0.319 e. The minimum Gasteiger partial charge on any atom is -0.480 e. The van der Waals surface area contributed by atoms with Gasteiger partial charge in [0.1, 0.15) is 5.69 Å². The van der Waals surface area contributed by atoms with Gasteiger partial charge in [-0.05, 0) is 30.9 Å². The van der Waals surface area contributed by atoms with Crippen molar-refractivity contribution in [2.24, 2.45) is 5.92 Å². The number of alkyl halides is 2. The molecule has 2 heterocycles. The first kappa shape index (κ1) is 16.8. The van der Waals surface area contributed by atoms with Crippen LogP contribution in [-0.4, -0.2) is 40.3 Å². The van der Waals surface area contributed by atoms with Gasteiger partial charge in [-0.1, -0.05) is 11.6 Å². The van der Waals surface area contributed by atoms with Crippen molar-refractivity contribution in [1.82, 2.24) is 20.2 Å². The molecule has 2 atom stereocenters. The van der Waals surface area contributed by atoms with E-state index in [2.05, 4.69) is 20.2 Å². The van der Waals surface area contributed by atoms with Gasteiger partial charge in [0.15, 0.2) is 5.15 Å². The van der Waals surface area contributed by atoms with Crippen molar-refractivity contribution in [2.75, 3.05) is 14.2 Å². The Morgan fingerprint density at radius 2 is 2.00 bits per heavy atom. The van der Waals surface area contributed by atoms with Crippen molar-refractivity contribution in [2.45, 2.75) is 25.2 Å². The smallest absolute Gasteiger partial charge is 0.319 e. The molecular weight excluding hydrogens is 342 g/mol. The minimum atomic E-state index is -2.75. The number of rotatable bonds is 5. The molecule has 0 spiro atoms. The standard InChI is InChI=1S/C15H15ClF2N4O2/c1-15(17,18)10-4-7(10)8-5-11(21-22-12(8)16)9-6-19-14(24-3)20-13(9)23-2/h5-7,10H,4H2,1-3H3/t7-,10+/m0/s1. The number of nitrogens with zero attached hydrogens (tertiary/aromatic N) is 4. The van der Waals surface area contributed by atoms with Crippen LogP contribution in [0.15, 0.2) is 12.3 Å². The Hall–Kier alpha value is -2.09. The second kappa shape index (κ2) is 6.08. The molecule has 2 aromatic rings. The fraction of sp³-hybridized carbons (Fsp3) is 0.467. The summed E-state index contributed by atoms with van der Waals surface area (Å²) in [6.45, 7) is 0.918. The van der Waals surface area contributed by atoms with Crippen LogP contribution in [0, 0.1) is 5.92 Å². The molecule has 0 amide bonds. The normalized spacial score (nSPS) is 19.9. The van der Waals surface area contributed by atoms with Crippen LogP contribution in [0.5, 0.6) is 11.9 Å². The topological polar surface area (TPSA) is 70.0 Å². The van der Waals surface area contributed by atoms with Gasteiger partial charge >= 0.3 is 6.01 Å². The molecule has 0 bridgehead atoms. The fourth-order valence-electron chi connectivity index (χ4n) is 2.66. The molecule has 0 radical (unpaired) electrons. The summed E-state index contributed by atoms with van der Waals surface area (Å²) in [6, 6.07) is 1.78. The van der Waals surface area contributed by atoms with Crippen LogP contribution in [0.4, 0.5) is 8.78 Å². The van der Waals surface area contributed by atoms with Gasteiger partial charge in [-0.3, -0.25) is 0 Å². The van der Waals surface area contributed by atoms with Crippen molar-refractivity contribution in [3.05, 3.63) is 23.0 Å². The Bertz CT molecular complexity index is 770. The fourth-order valence-corrected chi connectivity index (χ4v) is 2.89. The summed E-state index contributed by atoms with van der Waals surface area (Å²) < 4.78 is 37.1. The van der Waals surface area contributed by atoms with Crippen molar-refractivity contribution in [3.8, 4) is 23.1 Å². The van der Waals surface area contributed by atoms with E-state index in [9.17, 15) is 8.78 Å². The van der Waals surface area contributed by atoms with E-state index in [1.54, 1.807) is 6.07 Å². The lowest BCUT2D eigenvalue weighted by Crippen LogP contribution is -2.13. The van der Waals surface area contributed by atoms with E-state index < -0.39 is 11.8 Å². The highest BCUT2D eigenvalue weighted by Crippen LogP contribution is 2.56. The van der Waals surface area contributed by atoms with Crippen LogP contribution in [0.1, 0.15) is 24.8 Å². The molecule has 1 fully saturated rings. The highest BCUT2D eigenvalue weighted by Gasteiger charge is 2.53. The third-order valence-corrected chi connectivity index (χ3v) is 4.29.